The number of nitrogens with zero attached hydrogens (tertiary/aromatic N) is 1. The van der Waals surface area contributed by atoms with E-state index in [1.54, 1.807) is 4.90 Å². The summed E-state index contributed by atoms with van der Waals surface area (Å²) in [4.78, 5) is 17.9. The summed E-state index contributed by atoms with van der Waals surface area (Å²) < 4.78 is 0. The van der Waals surface area contributed by atoms with Crippen molar-refractivity contribution in [1.29, 1.82) is 0 Å². The van der Waals surface area contributed by atoms with Crippen LogP contribution in [0.5, 0.6) is 0 Å². The van der Waals surface area contributed by atoms with E-state index in [4.69, 9.17) is 0 Å². The Hall–Kier alpha value is -1.39. The third kappa shape index (κ3) is 2.97. The van der Waals surface area contributed by atoms with E-state index < -0.39 is 0 Å². The number of fused-ring (bicyclic) bond motifs is 1. The van der Waals surface area contributed by atoms with Gasteiger partial charge in [0.15, 0.2) is 6.54 Å². The third-order valence-electron chi connectivity index (χ3n) is 5.04. The smallest absolute Gasteiger partial charge is 0.282 e. The largest absolute Gasteiger partial charge is 0.326 e. The van der Waals surface area contributed by atoms with Gasteiger partial charge in [0, 0.05) is 11.7 Å². The molecule has 1 fully saturated rings. The third-order valence-corrected chi connectivity index (χ3v) is 5.04. The van der Waals surface area contributed by atoms with Crippen molar-refractivity contribution in [2.45, 2.75) is 26.3 Å². The Morgan fingerprint density at radius 2 is 1.86 bits per heavy atom. The van der Waals surface area contributed by atoms with Crippen molar-refractivity contribution in [2.24, 2.45) is 0 Å². The van der Waals surface area contributed by atoms with Gasteiger partial charge in [-0.1, -0.05) is 18.2 Å². The molecule has 1 saturated heterocycles. The van der Waals surface area contributed by atoms with Crippen molar-refractivity contribution in [3.63, 3.8) is 0 Å². The monoisotopic (exact) mass is 289 g/mol. The first-order chi connectivity index (χ1) is 10.2. The van der Waals surface area contributed by atoms with Gasteiger partial charge in [-0.15, -0.1) is 0 Å². The van der Waals surface area contributed by atoms with Gasteiger partial charge in [0.2, 0.25) is 0 Å². The number of benzene rings is 1. The molecule has 0 radical (unpaired) electrons. The number of hydrogen-bond donors (Lipinski definition) is 2. The SMILES string of the molecule is CC[NH+]1CC[NH+](CC(=O)N2c3ccccc3C[C@H]2C)CC1. The van der Waals surface area contributed by atoms with Gasteiger partial charge in [-0.3, -0.25) is 4.79 Å². The fraction of sp³-hybridized carbons (Fsp3) is 0.588. The lowest BCUT2D eigenvalue weighted by Crippen LogP contribution is -3.28. The second-order valence-corrected chi connectivity index (χ2v) is 6.48. The maximum Gasteiger partial charge on any atom is 0.282 e. The normalized spacial score (nSPS) is 28.5. The topological polar surface area (TPSA) is 29.2 Å². The molecule has 1 atom stereocenters. The van der Waals surface area contributed by atoms with Gasteiger partial charge >= 0.3 is 0 Å². The van der Waals surface area contributed by atoms with Gasteiger partial charge in [0.05, 0.1) is 6.54 Å². The molecule has 0 saturated carbocycles. The van der Waals surface area contributed by atoms with Crippen LogP contribution in [0.3, 0.4) is 0 Å². The molecule has 2 aliphatic heterocycles. The predicted molar refractivity (Wildman–Crippen MR) is 83.9 cm³/mol. The number of quaternary nitrogens is 2. The molecule has 0 spiro atoms. The molecule has 2 aliphatic rings. The molecule has 1 amide bonds. The molecule has 0 aromatic heterocycles. The number of anilines is 1. The highest BCUT2D eigenvalue weighted by Gasteiger charge is 2.33. The van der Waals surface area contributed by atoms with Gasteiger partial charge in [0.25, 0.3) is 5.91 Å². The van der Waals surface area contributed by atoms with Crippen LogP contribution in [-0.4, -0.2) is 51.2 Å². The van der Waals surface area contributed by atoms with E-state index >= 15 is 0 Å². The molecule has 2 N–H and O–H groups in total. The molecule has 21 heavy (non-hydrogen) atoms. The highest BCUT2D eigenvalue weighted by atomic mass is 16.2. The Labute approximate surface area is 127 Å². The first kappa shape index (κ1) is 14.5. The average molecular weight is 289 g/mol. The van der Waals surface area contributed by atoms with E-state index in [2.05, 4.69) is 32.0 Å². The number of likely N-dealkylation sites (N-methyl/N-ethyl adjacent to an activating group) is 1. The van der Waals surface area contributed by atoms with Crippen molar-refractivity contribution >= 4 is 11.6 Å². The summed E-state index contributed by atoms with van der Waals surface area (Å²) >= 11 is 0. The van der Waals surface area contributed by atoms with Crippen LogP contribution < -0.4 is 14.7 Å². The van der Waals surface area contributed by atoms with Crippen LogP contribution in [-0.2, 0) is 11.2 Å². The molecule has 4 heteroatoms. The number of para-hydroxylation sites is 1. The van der Waals surface area contributed by atoms with Crippen molar-refractivity contribution in [3.05, 3.63) is 29.8 Å². The molecule has 0 bridgehead atoms. The lowest BCUT2D eigenvalue weighted by atomic mass is 10.1. The quantitative estimate of drug-likeness (QED) is 0.717. The van der Waals surface area contributed by atoms with E-state index in [1.807, 2.05) is 11.0 Å². The van der Waals surface area contributed by atoms with Gasteiger partial charge in [-0.2, -0.15) is 0 Å². The number of carbonyl (C=O) groups excluding carboxylic acids is 1. The molecule has 1 aromatic rings. The fourth-order valence-electron chi connectivity index (χ4n) is 3.73. The average Bonchev–Trinajstić information content (AvgIpc) is 2.83. The Balaban J connectivity index is 1.64. The molecule has 0 unspecified atom stereocenters. The van der Waals surface area contributed by atoms with E-state index in [1.165, 1.54) is 30.1 Å². The van der Waals surface area contributed by atoms with Crippen LogP contribution in [0.1, 0.15) is 19.4 Å². The lowest BCUT2D eigenvalue weighted by molar-refractivity contribution is -1.01. The van der Waals surface area contributed by atoms with Gasteiger partial charge < -0.3 is 14.7 Å². The minimum absolute atomic E-state index is 0.294. The first-order valence-electron chi connectivity index (χ1n) is 8.26. The van der Waals surface area contributed by atoms with Gasteiger partial charge in [0.1, 0.15) is 26.2 Å². The number of nitrogens with one attached hydrogen (secondary N) is 2. The zero-order valence-corrected chi connectivity index (χ0v) is 13.2. The molecular formula is C17H27N3O+2. The highest BCUT2D eigenvalue weighted by molar-refractivity contribution is 5.96. The number of carbonyl (C=O) groups is 1. The number of rotatable bonds is 3. The van der Waals surface area contributed by atoms with Crippen LogP contribution in [0.4, 0.5) is 5.69 Å². The second kappa shape index (κ2) is 6.16. The van der Waals surface area contributed by atoms with Gasteiger partial charge in [-0.25, -0.2) is 0 Å². The van der Waals surface area contributed by atoms with E-state index in [0.29, 0.717) is 18.5 Å². The molecule has 0 aliphatic carbocycles. The van der Waals surface area contributed by atoms with Crippen LogP contribution >= 0.6 is 0 Å². The summed E-state index contributed by atoms with van der Waals surface area (Å²) in [6, 6.07) is 8.64. The van der Waals surface area contributed by atoms with Crippen molar-refractivity contribution in [1.82, 2.24) is 0 Å². The van der Waals surface area contributed by atoms with Crippen LogP contribution in [0.25, 0.3) is 0 Å². The summed E-state index contributed by atoms with van der Waals surface area (Å²) in [6.45, 7) is 10.9. The van der Waals surface area contributed by atoms with Crippen LogP contribution in [0.2, 0.25) is 0 Å². The Morgan fingerprint density at radius 3 is 2.57 bits per heavy atom. The molecule has 1 aromatic carbocycles. The summed E-state index contributed by atoms with van der Waals surface area (Å²) in [5, 5.41) is 0. The number of amides is 1. The van der Waals surface area contributed by atoms with Crippen molar-refractivity contribution in [2.75, 3.05) is 44.2 Å². The standard InChI is InChI=1S/C17H25N3O/c1-3-18-8-10-19(11-9-18)13-17(21)20-14(2)12-15-6-4-5-7-16(15)20/h4-7,14H,3,8-13H2,1-2H3/p+2/t14-/m1/s1. The van der Waals surface area contributed by atoms with Gasteiger partial charge in [-0.05, 0) is 31.9 Å². The lowest BCUT2D eigenvalue weighted by Gasteiger charge is -2.30. The van der Waals surface area contributed by atoms with Crippen LogP contribution in [0.15, 0.2) is 24.3 Å². The Kier molecular flexibility index (Phi) is 4.27. The minimum atomic E-state index is 0.294. The molecule has 3 rings (SSSR count). The summed E-state index contributed by atoms with van der Waals surface area (Å²) in [6.07, 6.45) is 0.991. The summed E-state index contributed by atoms with van der Waals surface area (Å²) in [5.74, 6) is 0.294. The van der Waals surface area contributed by atoms with E-state index in [-0.39, 0.29) is 0 Å². The number of hydrogen-bond acceptors (Lipinski definition) is 1. The minimum Gasteiger partial charge on any atom is -0.326 e. The summed E-state index contributed by atoms with van der Waals surface area (Å²) in [5.41, 5.74) is 2.45. The van der Waals surface area contributed by atoms with Crippen molar-refractivity contribution in [3.8, 4) is 0 Å². The molecule has 114 valence electrons. The zero-order valence-electron chi connectivity index (χ0n) is 13.2. The first-order valence-corrected chi connectivity index (χ1v) is 8.26. The van der Waals surface area contributed by atoms with Crippen molar-refractivity contribution < 1.29 is 14.6 Å². The Bertz CT molecular complexity index is 509. The molecule has 2 heterocycles. The predicted octanol–water partition coefficient (Wildman–Crippen LogP) is -1.23. The zero-order chi connectivity index (χ0) is 14.8. The maximum atomic E-state index is 12.7. The van der Waals surface area contributed by atoms with E-state index in [0.717, 1.165) is 25.2 Å². The Morgan fingerprint density at radius 1 is 1.19 bits per heavy atom. The maximum absolute atomic E-state index is 12.7. The second-order valence-electron chi connectivity index (χ2n) is 6.48. The van der Waals surface area contributed by atoms with Crippen LogP contribution in [0, 0.1) is 0 Å². The highest BCUT2D eigenvalue weighted by Crippen LogP contribution is 2.31. The number of piperazine rings is 1. The van der Waals surface area contributed by atoms with E-state index in [9.17, 15) is 4.79 Å². The fourth-order valence-corrected chi connectivity index (χ4v) is 3.73. The molecular weight excluding hydrogens is 262 g/mol. The summed E-state index contributed by atoms with van der Waals surface area (Å²) in [7, 11) is 0. The molecule has 4 nitrogen and oxygen atoms in total.